The fourth-order valence-electron chi connectivity index (χ4n) is 2.10. The van der Waals surface area contributed by atoms with Crippen LogP contribution in [0.25, 0.3) is 22.3 Å². The molecular formula is C15H8BrClF2N2. The molecule has 0 aliphatic rings. The lowest BCUT2D eigenvalue weighted by Crippen LogP contribution is -1.95. The third kappa shape index (κ3) is 2.76. The summed E-state index contributed by atoms with van der Waals surface area (Å²) < 4.78 is 27.4. The summed E-state index contributed by atoms with van der Waals surface area (Å²) in [5.74, 6) is -1.20. The van der Waals surface area contributed by atoms with Crippen LogP contribution in [-0.2, 0) is 0 Å². The van der Waals surface area contributed by atoms with Gasteiger partial charge in [0, 0.05) is 21.5 Å². The zero-order valence-electron chi connectivity index (χ0n) is 10.8. The van der Waals surface area contributed by atoms with E-state index in [9.17, 15) is 8.78 Å². The maximum atomic E-state index is 13.3. The van der Waals surface area contributed by atoms with Crippen LogP contribution in [0.2, 0.25) is 5.15 Å². The smallest absolute Gasteiger partial charge is 0.161 e. The topological polar surface area (TPSA) is 25.8 Å². The van der Waals surface area contributed by atoms with Crippen LogP contribution in [0, 0.1) is 18.6 Å². The van der Waals surface area contributed by atoms with Gasteiger partial charge >= 0.3 is 0 Å². The van der Waals surface area contributed by atoms with E-state index in [1.165, 1.54) is 12.1 Å². The zero-order chi connectivity index (χ0) is 15.1. The second-order valence-corrected chi connectivity index (χ2v) is 5.85. The molecule has 0 fully saturated rings. The molecule has 0 N–H and O–H groups in total. The summed E-state index contributed by atoms with van der Waals surface area (Å²) in [6.45, 7) is 1.93. The summed E-state index contributed by atoms with van der Waals surface area (Å²) in [4.78, 5) is 8.49. The molecule has 0 saturated heterocycles. The quantitative estimate of drug-likeness (QED) is 0.544. The first-order valence-electron chi connectivity index (χ1n) is 6.04. The van der Waals surface area contributed by atoms with Crippen molar-refractivity contribution in [2.45, 2.75) is 6.92 Å². The molecule has 0 atom stereocenters. The van der Waals surface area contributed by atoms with E-state index >= 15 is 0 Å². The van der Waals surface area contributed by atoms with Crippen molar-refractivity contribution in [1.82, 2.24) is 9.97 Å². The van der Waals surface area contributed by atoms with Gasteiger partial charge in [-0.15, -0.1) is 0 Å². The molecular weight excluding hydrogens is 362 g/mol. The second kappa shape index (κ2) is 5.31. The second-order valence-electron chi connectivity index (χ2n) is 4.64. The molecule has 0 unspecified atom stereocenters. The molecule has 0 spiro atoms. The number of nitrogens with zero attached hydrogens (tertiary/aromatic N) is 2. The lowest BCUT2D eigenvalue weighted by molar-refractivity contribution is 0.584. The van der Waals surface area contributed by atoms with Gasteiger partial charge in [-0.3, -0.25) is 0 Å². The molecule has 0 bridgehead atoms. The Morgan fingerprint density at radius 3 is 2.33 bits per heavy atom. The number of rotatable bonds is 1. The SMILES string of the molecule is Cc1cc(Br)c2nc(-c3cc(F)cc(F)c3)nc(Cl)c2c1. The maximum absolute atomic E-state index is 13.3. The Labute approximate surface area is 132 Å². The third-order valence-electron chi connectivity index (χ3n) is 2.97. The summed E-state index contributed by atoms with van der Waals surface area (Å²) in [5.41, 5.74) is 1.84. The van der Waals surface area contributed by atoms with Crippen LogP contribution >= 0.6 is 27.5 Å². The lowest BCUT2D eigenvalue weighted by atomic mass is 10.1. The minimum absolute atomic E-state index is 0.176. The highest BCUT2D eigenvalue weighted by Crippen LogP contribution is 2.31. The molecule has 21 heavy (non-hydrogen) atoms. The van der Waals surface area contributed by atoms with E-state index in [2.05, 4.69) is 25.9 Å². The normalized spacial score (nSPS) is 11.1. The first-order chi connectivity index (χ1) is 9.94. The van der Waals surface area contributed by atoms with Gasteiger partial charge in [-0.2, -0.15) is 0 Å². The number of hydrogen-bond donors (Lipinski definition) is 0. The van der Waals surface area contributed by atoms with Crippen LogP contribution < -0.4 is 0 Å². The van der Waals surface area contributed by atoms with E-state index in [1.54, 1.807) is 0 Å². The van der Waals surface area contributed by atoms with Crippen molar-refractivity contribution in [3.8, 4) is 11.4 Å². The highest BCUT2D eigenvalue weighted by Gasteiger charge is 2.12. The Balaban J connectivity index is 2.30. The van der Waals surface area contributed by atoms with Gasteiger partial charge in [-0.05, 0) is 52.7 Å². The standard InChI is InChI=1S/C15H8BrClF2N2/c1-7-2-11-13(12(16)3-7)20-15(21-14(11)17)8-4-9(18)6-10(19)5-8/h2-6H,1H3. The average molecular weight is 370 g/mol. The molecule has 3 rings (SSSR count). The van der Waals surface area contributed by atoms with Gasteiger partial charge in [0.05, 0.1) is 5.52 Å². The van der Waals surface area contributed by atoms with Gasteiger partial charge < -0.3 is 0 Å². The first kappa shape index (κ1) is 14.4. The van der Waals surface area contributed by atoms with Crippen molar-refractivity contribution in [2.75, 3.05) is 0 Å². The Hall–Kier alpha value is -1.59. The molecule has 0 aliphatic heterocycles. The van der Waals surface area contributed by atoms with Gasteiger partial charge in [0.15, 0.2) is 5.82 Å². The van der Waals surface area contributed by atoms with E-state index in [0.29, 0.717) is 10.9 Å². The summed E-state index contributed by atoms with van der Waals surface area (Å²) in [5, 5.41) is 0.924. The molecule has 2 aromatic carbocycles. The van der Waals surface area contributed by atoms with Crippen molar-refractivity contribution >= 4 is 38.4 Å². The predicted octanol–water partition coefficient (Wildman–Crippen LogP) is 5.30. The number of fused-ring (bicyclic) bond motifs is 1. The highest BCUT2D eigenvalue weighted by molar-refractivity contribution is 9.10. The van der Waals surface area contributed by atoms with Crippen LogP contribution in [0.4, 0.5) is 8.78 Å². The third-order valence-corrected chi connectivity index (χ3v) is 3.87. The average Bonchev–Trinajstić information content (AvgIpc) is 2.38. The minimum Gasteiger partial charge on any atom is -0.227 e. The zero-order valence-corrected chi connectivity index (χ0v) is 13.1. The summed E-state index contributed by atoms with van der Waals surface area (Å²) in [6, 6.07) is 6.89. The number of benzene rings is 2. The molecule has 0 radical (unpaired) electrons. The Morgan fingerprint density at radius 1 is 1.00 bits per heavy atom. The lowest BCUT2D eigenvalue weighted by Gasteiger charge is -2.07. The molecule has 106 valence electrons. The van der Waals surface area contributed by atoms with Crippen molar-refractivity contribution in [3.05, 3.63) is 57.2 Å². The van der Waals surface area contributed by atoms with Crippen LogP contribution in [0.3, 0.4) is 0 Å². The highest BCUT2D eigenvalue weighted by atomic mass is 79.9. The van der Waals surface area contributed by atoms with Gasteiger partial charge in [0.25, 0.3) is 0 Å². The van der Waals surface area contributed by atoms with Crippen molar-refractivity contribution in [1.29, 1.82) is 0 Å². The van der Waals surface area contributed by atoms with E-state index in [-0.39, 0.29) is 16.5 Å². The molecule has 1 aromatic heterocycles. The van der Waals surface area contributed by atoms with E-state index in [1.807, 2.05) is 19.1 Å². The van der Waals surface area contributed by atoms with E-state index < -0.39 is 11.6 Å². The minimum atomic E-state index is -0.687. The fraction of sp³-hybridized carbons (Fsp3) is 0.0667. The van der Waals surface area contributed by atoms with Crippen molar-refractivity contribution < 1.29 is 8.78 Å². The molecule has 0 saturated carbocycles. The molecule has 6 heteroatoms. The van der Waals surface area contributed by atoms with Crippen LogP contribution in [0.15, 0.2) is 34.8 Å². The summed E-state index contributed by atoms with van der Waals surface area (Å²) in [6.07, 6.45) is 0. The number of aryl methyl sites for hydroxylation is 1. The maximum Gasteiger partial charge on any atom is 0.161 e. The van der Waals surface area contributed by atoms with Crippen LogP contribution in [0.5, 0.6) is 0 Å². The molecule has 3 aromatic rings. The summed E-state index contributed by atoms with van der Waals surface area (Å²) >= 11 is 9.60. The van der Waals surface area contributed by atoms with Crippen LogP contribution in [-0.4, -0.2) is 9.97 Å². The molecule has 0 amide bonds. The number of aromatic nitrogens is 2. The molecule has 0 aliphatic carbocycles. The largest absolute Gasteiger partial charge is 0.227 e. The Kier molecular flexibility index (Phi) is 3.63. The van der Waals surface area contributed by atoms with Gasteiger partial charge in [0.2, 0.25) is 0 Å². The Morgan fingerprint density at radius 2 is 1.67 bits per heavy atom. The van der Waals surface area contributed by atoms with Gasteiger partial charge in [-0.1, -0.05) is 11.6 Å². The fourth-order valence-corrected chi connectivity index (χ4v) is 2.99. The van der Waals surface area contributed by atoms with Gasteiger partial charge in [0.1, 0.15) is 16.8 Å². The summed E-state index contributed by atoms with van der Waals surface area (Å²) in [7, 11) is 0. The number of hydrogen-bond acceptors (Lipinski definition) is 2. The molecule has 2 nitrogen and oxygen atoms in total. The predicted molar refractivity (Wildman–Crippen MR) is 82.3 cm³/mol. The monoisotopic (exact) mass is 368 g/mol. The van der Waals surface area contributed by atoms with E-state index in [4.69, 9.17) is 11.6 Å². The molecule has 1 heterocycles. The van der Waals surface area contributed by atoms with Crippen molar-refractivity contribution in [3.63, 3.8) is 0 Å². The Bertz CT molecular complexity index is 848. The van der Waals surface area contributed by atoms with Gasteiger partial charge in [-0.25, -0.2) is 18.7 Å². The van der Waals surface area contributed by atoms with Crippen LogP contribution in [0.1, 0.15) is 5.56 Å². The first-order valence-corrected chi connectivity index (χ1v) is 7.21. The van der Waals surface area contributed by atoms with Crippen molar-refractivity contribution in [2.24, 2.45) is 0 Å². The van der Waals surface area contributed by atoms with E-state index in [0.717, 1.165) is 16.1 Å². The number of halogens is 4.